The zero-order valence-electron chi connectivity index (χ0n) is 4.38. The van der Waals surface area contributed by atoms with Crippen LogP contribution >= 0.6 is 0 Å². The highest BCUT2D eigenvalue weighted by Crippen LogP contribution is 1.80. The summed E-state index contributed by atoms with van der Waals surface area (Å²) in [6.07, 6.45) is 0. The first-order chi connectivity index (χ1) is 3.35. The molecule has 0 rings (SSSR count). The van der Waals surface area contributed by atoms with E-state index in [2.05, 4.69) is 21.9 Å². The van der Waals surface area contributed by atoms with Crippen LogP contribution in [0, 0.1) is 0 Å². The molecule has 0 atom stereocenters. The van der Waals surface area contributed by atoms with Crippen molar-refractivity contribution in [3.05, 3.63) is 0 Å². The maximum Gasteiger partial charge on any atom is 0.622 e. The van der Waals surface area contributed by atoms with Crippen molar-refractivity contribution >= 4 is 15.4 Å². The molecule has 0 aromatic heterocycles. The van der Waals surface area contributed by atoms with Gasteiger partial charge >= 0.3 is 7.32 Å². The van der Waals surface area contributed by atoms with Crippen molar-refractivity contribution in [3.8, 4) is 0 Å². The maximum atomic E-state index is 4.64. The van der Waals surface area contributed by atoms with Crippen LogP contribution < -0.4 is 0 Å². The maximum absolute atomic E-state index is 4.64. The summed E-state index contributed by atoms with van der Waals surface area (Å²) in [6.45, 7) is 0. The highest BCUT2D eigenvalue weighted by atomic mass is 16.7. The predicted octanol–water partition coefficient (Wildman–Crippen LogP) is -0.636. The molecule has 0 spiro atoms. The quantitative estimate of drug-likeness (QED) is 0.441. The van der Waals surface area contributed by atoms with Crippen LogP contribution in [0.25, 0.3) is 0 Å². The van der Waals surface area contributed by atoms with E-state index in [9.17, 15) is 0 Å². The molecule has 0 fully saturated rings. The van der Waals surface area contributed by atoms with Gasteiger partial charge in [0.2, 0.25) is 0 Å². The Bertz CT molecular complexity index is 32.4. The van der Waals surface area contributed by atoms with Crippen molar-refractivity contribution in [2.45, 2.75) is 0 Å². The smallest absolute Gasteiger partial charge is 0.457 e. The summed E-state index contributed by atoms with van der Waals surface area (Å²) in [4.78, 5) is 0. The molecule has 5 heteroatoms. The Hall–Kier alpha value is 0.00987. The summed E-state index contributed by atoms with van der Waals surface area (Å²) >= 11 is 0. The lowest BCUT2D eigenvalue weighted by atomic mass is 10.2. The molecule has 38 valence electrons. The molecule has 0 saturated carbocycles. The van der Waals surface area contributed by atoms with Gasteiger partial charge < -0.3 is 13.9 Å². The average Bonchev–Trinajstić information content (AvgIpc) is 1.72. The molecule has 7 heavy (non-hydrogen) atoms. The molecule has 0 aromatic carbocycles. The van der Waals surface area contributed by atoms with E-state index in [4.69, 9.17) is 0 Å². The Morgan fingerprint density at radius 1 is 1.29 bits per heavy atom. The second kappa shape index (κ2) is 4.18. The van der Waals surface area contributed by atoms with Gasteiger partial charge in [0.1, 0.15) is 0 Å². The summed E-state index contributed by atoms with van der Waals surface area (Å²) in [5.41, 5.74) is 0. The summed E-state index contributed by atoms with van der Waals surface area (Å²) in [5, 5.41) is 0. The van der Waals surface area contributed by atoms with Gasteiger partial charge in [0.25, 0.3) is 8.05 Å². The standard InChI is InChI=1S/C2H6B2O3/c1-5-4(6-2)7-3/h1-2H3. The normalized spacial score (nSPS) is 8.86. The van der Waals surface area contributed by atoms with E-state index in [1.165, 1.54) is 14.2 Å². The van der Waals surface area contributed by atoms with E-state index in [0.29, 0.717) is 0 Å². The summed E-state index contributed by atoms with van der Waals surface area (Å²) in [6, 6.07) is 0. The van der Waals surface area contributed by atoms with Gasteiger partial charge in [-0.2, -0.15) is 0 Å². The Kier molecular flexibility index (Phi) is 4.18. The van der Waals surface area contributed by atoms with Crippen LogP contribution in [0.3, 0.4) is 0 Å². The van der Waals surface area contributed by atoms with E-state index < -0.39 is 7.32 Å². The minimum Gasteiger partial charge on any atom is -0.457 e. The van der Waals surface area contributed by atoms with Crippen molar-refractivity contribution < 1.29 is 13.9 Å². The lowest BCUT2D eigenvalue weighted by Gasteiger charge is -2.02. The Labute approximate surface area is 44.6 Å². The highest BCUT2D eigenvalue weighted by molar-refractivity contribution is 6.41. The zero-order chi connectivity index (χ0) is 5.70. The van der Waals surface area contributed by atoms with Gasteiger partial charge in [-0.3, -0.25) is 0 Å². The third-order valence-corrected chi connectivity index (χ3v) is 0.496. The molecule has 0 aromatic rings. The van der Waals surface area contributed by atoms with Crippen LogP contribution in [0.1, 0.15) is 0 Å². The van der Waals surface area contributed by atoms with Gasteiger partial charge in [-0.1, -0.05) is 0 Å². The van der Waals surface area contributed by atoms with Crippen molar-refractivity contribution in [2.24, 2.45) is 0 Å². The van der Waals surface area contributed by atoms with Crippen LogP contribution in [0.4, 0.5) is 0 Å². The summed E-state index contributed by atoms with van der Waals surface area (Å²) in [7, 11) is 6.77. The van der Waals surface area contributed by atoms with Crippen LogP contribution in [0.2, 0.25) is 0 Å². The molecule has 0 unspecified atom stereocenters. The first-order valence-corrected chi connectivity index (χ1v) is 1.76. The monoisotopic (exact) mass is 100 g/mol. The lowest BCUT2D eigenvalue weighted by Crippen LogP contribution is -2.22. The molecule has 3 nitrogen and oxygen atoms in total. The molecule has 0 bridgehead atoms. The third kappa shape index (κ3) is 2.68. The fourth-order valence-electron chi connectivity index (χ4n) is 0.207. The summed E-state index contributed by atoms with van der Waals surface area (Å²) in [5.74, 6) is 0. The highest BCUT2D eigenvalue weighted by Gasteiger charge is 2.11. The Morgan fingerprint density at radius 3 is 1.71 bits per heavy atom. The van der Waals surface area contributed by atoms with Gasteiger partial charge in [0.05, 0.1) is 0 Å². The van der Waals surface area contributed by atoms with Crippen LogP contribution in [0.5, 0.6) is 0 Å². The minimum atomic E-state index is -0.736. The SMILES string of the molecule is [B]OB(OC)OC. The molecular weight excluding hydrogens is 93.6 g/mol. The minimum absolute atomic E-state index is 0.736. The fourth-order valence-corrected chi connectivity index (χ4v) is 0.207. The first kappa shape index (κ1) is 7.01. The number of hydrogen-bond donors (Lipinski definition) is 0. The number of hydrogen-bond acceptors (Lipinski definition) is 3. The van der Waals surface area contributed by atoms with Crippen LogP contribution in [-0.4, -0.2) is 29.6 Å². The van der Waals surface area contributed by atoms with Crippen molar-refractivity contribution in [1.82, 2.24) is 0 Å². The van der Waals surface area contributed by atoms with Gasteiger partial charge in [-0.15, -0.1) is 0 Å². The predicted molar refractivity (Wildman–Crippen MR) is 26.6 cm³/mol. The van der Waals surface area contributed by atoms with Crippen LogP contribution in [-0.2, 0) is 13.9 Å². The molecule has 0 aliphatic heterocycles. The second-order valence-corrected chi connectivity index (χ2v) is 0.896. The van der Waals surface area contributed by atoms with Gasteiger partial charge in [-0.05, 0) is 0 Å². The Balaban J connectivity index is 2.99. The molecule has 0 N–H and O–H groups in total. The molecule has 0 aliphatic rings. The molecule has 0 aliphatic carbocycles. The van der Waals surface area contributed by atoms with Gasteiger partial charge in [-0.25, -0.2) is 0 Å². The average molecular weight is 99.7 g/mol. The molecule has 2 radical (unpaired) electrons. The Morgan fingerprint density at radius 2 is 1.71 bits per heavy atom. The van der Waals surface area contributed by atoms with E-state index in [0.717, 1.165) is 0 Å². The molecule has 0 saturated heterocycles. The van der Waals surface area contributed by atoms with Crippen molar-refractivity contribution in [2.75, 3.05) is 14.2 Å². The molecule has 0 heterocycles. The summed E-state index contributed by atoms with van der Waals surface area (Å²) < 4.78 is 13.1. The van der Waals surface area contributed by atoms with E-state index in [1.54, 1.807) is 0 Å². The van der Waals surface area contributed by atoms with Gasteiger partial charge in [0, 0.05) is 14.2 Å². The first-order valence-electron chi connectivity index (χ1n) is 1.76. The zero-order valence-corrected chi connectivity index (χ0v) is 4.38. The largest absolute Gasteiger partial charge is 0.622 e. The second-order valence-electron chi connectivity index (χ2n) is 0.896. The van der Waals surface area contributed by atoms with E-state index >= 15 is 0 Å². The molecular formula is C2H6B2O3. The van der Waals surface area contributed by atoms with Crippen molar-refractivity contribution in [1.29, 1.82) is 0 Å². The lowest BCUT2D eigenvalue weighted by molar-refractivity contribution is 0.207. The van der Waals surface area contributed by atoms with E-state index in [-0.39, 0.29) is 0 Å². The van der Waals surface area contributed by atoms with Gasteiger partial charge in [0.15, 0.2) is 0 Å². The van der Waals surface area contributed by atoms with E-state index in [1.807, 2.05) is 0 Å². The van der Waals surface area contributed by atoms with Crippen LogP contribution in [0.15, 0.2) is 0 Å². The topological polar surface area (TPSA) is 27.7 Å². The fraction of sp³-hybridized carbons (Fsp3) is 1.00. The number of rotatable bonds is 3. The molecule has 0 amide bonds. The third-order valence-electron chi connectivity index (χ3n) is 0.496. The van der Waals surface area contributed by atoms with Crippen molar-refractivity contribution in [3.63, 3.8) is 0 Å².